The van der Waals surface area contributed by atoms with E-state index in [-0.39, 0.29) is 17.6 Å². The number of nitrogens with one attached hydrogen (secondary N) is 2. The summed E-state index contributed by atoms with van der Waals surface area (Å²) in [6, 6.07) is 6.38. The number of benzene rings is 1. The molecule has 4 N–H and O–H groups in total. The molecule has 26 heavy (non-hydrogen) atoms. The summed E-state index contributed by atoms with van der Waals surface area (Å²) in [5.41, 5.74) is 6.39. The van der Waals surface area contributed by atoms with E-state index in [1.165, 1.54) is 12.1 Å². The van der Waals surface area contributed by atoms with Gasteiger partial charge in [0.1, 0.15) is 5.82 Å². The van der Waals surface area contributed by atoms with Crippen molar-refractivity contribution in [1.29, 1.82) is 0 Å². The van der Waals surface area contributed by atoms with Crippen molar-refractivity contribution in [1.82, 2.24) is 15.5 Å². The van der Waals surface area contributed by atoms with Gasteiger partial charge in [0.15, 0.2) is 5.96 Å². The molecule has 1 aromatic carbocycles. The van der Waals surface area contributed by atoms with Crippen molar-refractivity contribution in [2.75, 3.05) is 32.7 Å². The molecule has 0 radical (unpaired) electrons. The number of piperidine rings is 1. The van der Waals surface area contributed by atoms with Gasteiger partial charge in [0.25, 0.3) is 0 Å². The van der Waals surface area contributed by atoms with Crippen LogP contribution in [0.4, 0.5) is 4.39 Å². The molecular formula is C19H30FN5O. The summed E-state index contributed by atoms with van der Waals surface area (Å²) >= 11 is 0. The Morgan fingerprint density at radius 3 is 2.81 bits per heavy atom. The maximum Gasteiger partial charge on any atom is 0.221 e. The molecule has 6 nitrogen and oxygen atoms in total. The molecule has 1 aromatic rings. The Kier molecular flexibility index (Phi) is 8.34. The van der Waals surface area contributed by atoms with Gasteiger partial charge in [-0.05, 0) is 57.0 Å². The van der Waals surface area contributed by atoms with Crippen molar-refractivity contribution < 1.29 is 9.18 Å². The van der Waals surface area contributed by atoms with Crippen molar-refractivity contribution in [3.05, 3.63) is 35.6 Å². The molecule has 7 heteroatoms. The minimum absolute atomic E-state index is 0.00806. The van der Waals surface area contributed by atoms with Gasteiger partial charge in [-0.25, -0.2) is 9.38 Å². The lowest BCUT2D eigenvalue weighted by Crippen LogP contribution is -2.43. The predicted molar refractivity (Wildman–Crippen MR) is 102 cm³/mol. The van der Waals surface area contributed by atoms with Crippen LogP contribution in [0.1, 0.15) is 31.7 Å². The topological polar surface area (TPSA) is 82.8 Å². The van der Waals surface area contributed by atoms with E-state index in [1.54, 1.807) is 12.1 Å². The number of hydrogen-bond acceptors (Lipinski definition) is 3. The minimum Gasteiger partial charge on any atom is -0.369 e. The zero-order chi connectivity index (χ0) is 18.8. The molecule has 0 spiro atoms. The van der Waals surface area contributed by atoms with Crippen molar-refractivity contribution in [3.8, 4) is 0 Å². The smallest absolute Gasteiger partial charge is 0.221 e. The number of amides is 1. The first-order valence-electron chi connectivity index (χ1n) is 9.36. The third-order valence-corrected chi connectivity index (χ3v) is 4.53. The lowest BCUT2D eigenvalue weighted by Gasteiger charge is -2.31. The Labute approximate surface area is 155 Å². The normalized spacial score (nSPS) is 18.5. The van der Waals surface area contributed by atoms with Crippen LogP contribution in [0.25, 0.3) is 0 Å². The van der Waals surface area contributed by atoms with Gasteiger partial charge < -0.3 is 21.3 Å². The van der Waals surface area contributed by atoms with Gasteiger partial charge in [-0.3, -0.25) is 4.79 Å². The average molecular weight is 363 g/mol. The van der Waals surface area contributed by atoms with Crippen molar-refractivity contribution in [3.63, 3.8) is 0 Å². The van der Waals surface area contributed by atoms with E-state index >= 15 is 0 Å². The highest BCUT2D eigenvalue weighted by atomic mass is 19.1. The Morgan fingerprint density at radius 2 is 2.12 bits per heavy atom. The number of primary amides is 1. The van der Waals surface area contributed by atoms with Gasteiger partial charge in [0, 0.05) is 19.6 Å². The van der Waals surface area contributed by atoms with Crippen molar-refractivity contribution in [2.45, 2.75) is 32.7 Å². The van der Waals surface area contributed by atoms with Crippen LogP contribution in [0.5, 0.6) is 0 Å². The molecule has 0 aliphatic carbocycles. The molecule has 1 heterocycles. The molecule has 1 amide bonds. The van der Waals surface area contributed by atoms with Crippen LogP contribution in [-0.2, 0) is 11.3 Å². The first kappa shape index (κ1) is 20.2. The molecule has 1 aliphatic rings. The number of hydrogen-bond donors (Lipinski definition) is 3. The van der Waals surface area contributed by atoms with Crippen LogP contribution < -0.4 is 16.4 Å². The maximum atomic E-state index is 12.9. The third kappa shape index (κ3) is 7.00. The molecule has 1 aliphatic heterocycles. The van der Waals surface area contributed by atoms with E-state index in [2.05, 4.69) is 20.5 Å². The van der Waals surface area contributed by atoms with Crippen LogP contribution >= 0.6 is 0 Å². The summed E-state index contributed by atoms with van der Waals surface area (Å²) in [6.45, 7) is 6.84. The van der Waals surface area contributed by atoms with E-state index in [0.717, 1.165) is 63.5 Å². The zero-order valence-electron chi connectivity index (χ0n) is 15.5. The van der Waals surface area contributed by atoms with Crippen LogP contribution in [0, 0.1) is 11.7 Å². The molecule has 1 saturated heterocycles. The third-order valence-electron chi connectivity index (χ3n) is 4.53. The SMILES string of the molecule is CCNC(=NCc1ccc(F)cc1)NCCCN1CCCC(C(N)=O)C1. The van der Waals surface area contributed by atoms with Gasteiger partial charge in [0.2, 0.25) is 5.91 Å². The second kappa shape index (κ2) is 10.8. The van der Waals surface area contributed by atoms with Gasteiger partial charge in [-0.2, -0.15) is 0 Å². The molecule has 1 unspecified atom stereocenters. The molecule has 1 atom stereocenters. The summed E-state index contributed by atoms with van der Waals surface area (Å²) in [5.74, 6) is 0.325. The zero-order valence-corrected chi connectivity index (χ0v) is 15.5. The lowest BCUT2D eigenvalue weighted by molar-refractivity contribution is -0.123. The van der Waals surface area contributed by atoms with Crippen molar-refractivity contribution >= 4 is 11.9 Å². The Balaban J connectivity index is 1.73. The molecule has 0 aromatic heterocycles. The fourth-order valence-electron chi connectivity index (χ4n) is 3.10. The van der Waals surface area contributed by atoms with Crippen LogP contribution in [0.3, 0.4) is 0 Å². The number of guanidine groups is 1. The number of rotatable bonds is 8. The predicted octanol–water partition coefficient (Wildman–Crippen LogP) is 1.47. The molecular weight excluding hydrogens is 333 g/mol. The Morgan fingerprint density at radius 1 is 1.35 bits per heavy atom. The Hall–Kier alpha value is -2.15. The first-order chi connectivity index (χ1) is 12.6. The number of carbonyl (C=O) groups excluding carboxylic acids is 1. The first-order valence-corrected chi connectivity index (χ1v) is 9.36. The second-order valence-corrected chi connectivity index (χ2v) is 6.64. The minimum atomic E-state index is -0.237. The summed E-state index contributed by atoms with van der Waals surface area (Å²) < 4.78 is 12.9. The lowest BCUT2D eigenvalue weighted by atomic mass is 9.97. The highest BCUT2D eigenvalue weighted by Crippen LogP contribution is 2.15. The summed E-state index contributed by atoms with van der Waals surface area (Å²) in [7, 11) is 0. The van der Waals surface area contributed by atoms with Crippen LogP contribution in [0.2, 0.25) is 0 Å². The number of halogens is 1. The van der Waals surface area contributed by atoms with E-state index in [9.17, 15) is 9.18 Å². The van der Waals surface area contributed by atoms with Crippen LogP contribution in [0.15, 0.2) is 29.3 Å². The average Bonchev–Trinajstić information content (AvgIpc) is 2.64. The van der Waals surface area contributed by atoms with Gasteiger partial charge in [0.05, 0.1) is 12.5 Å². The number of likely N-dealkylation sites (tertiary alicyclic amines) is 1. The molecule has 0 saturated carbocycles. The van der Waals surface area contributed by atoms with Gasteiger partial charge in [-0.15, -0.1) is 0 Å². The molecule has 1 fully saturated rings. The highest BCUT2D eigenvalue weighted by Gasteiger charge is 2.23. The standard InChI is InChI=1S/C19H30FN5O/c1-2-22-19(24-13-15-6-8-17(20)9-7-15)23-10-4-12-25-11-3-5-16(14-25)18(21)26/h6-9,16H,2-5,10-14H2,1H3,(H2,21,26)(H2,22,23,24). The van der Waals surface area contributed by atoms with Crippen LogP contribution in [-0.4, -0.2) is 49.5 Å². The Bertz CT molecular complexity index is 590. The molecule has 2 rings (SSSR count). The summed E-state index contributed by atoms with van der Waals surface area (Å²) in [5, 5.41) is 6.54. The highest BCUT2D eigenvalue weighted by molar-refractivity contribution is 5.79. The van der Waals surface area contributed by atoms with E-state index in [1.807, 2.05) is 6.92 Å². The van der Waals surface area contributed by atoms with E-state index < -0.39 is 0 Å². The molecule has 144 valence electrons. The van der Waals surface area contributed by atoms with Gasteiger partial charge >= 0.3 is 0 Å². The number of aliphatic imine (C=N–C) groups is 1. The fourth-order valence-corrected chi connectivity index (χ4v) is 3.10. The van der Waals surface area contributed by atoms with E-state index in [0.29, 0.717) is 6.54 Å². The molecule has 0 bridgehead atoms. The second-order valence-electron chi connectivity index (χ2n) is 6.64. The fraction of sp³-hybridized carbons (Fsp3) is 0.579. The number of nitrogens with two attached hydrogens (primary N) is 1. The summed E-state index contributed by atoms with van der Waals surface area (Å²) in [6.07, 6.45) is 2.90. The maximum absolute atomic E-state index is 12.9. The van der Waals surface area contributed by atoms with Crippen molar-refractivity contribution in [2.24, 2.45) is 16.6 Å². The quantitative estimate of drug-likeness (QED) is 0.371. The van der Waals surface area contributed by atoms with Gasteiger partial charge in [-0.1, -0.05) is 12.1 Å². The number of carbonyl (C=O) groups is 1. The number of nitrogens with zero attached hydrogens (tertiary/aromatic N) is 2. The van der Waals surface area contributed by atoms with E-state index in [4.69, 9.17) is 5.73 Å². The largest absolute Gasteiger partial charge is 0.369 e. The summed E-state index contributed by atoms with van der Waals surface area (Å²) in [4.78, 5) is 18.2. The monoisotopic (exact) mass is 363 g/mol.